The fourth-order valence-corrected chi connectivity index (χ4v) is 4.09. The number of fused-ring (bicyclic) bond motifs is 1. The average molecular weight is 424 g/mol. The van der Waals surface area contributed by atoms with Crippen molar-refractivity contribution in [1.82, 2.24) is 15.2 Å². The first-order valence-corrected chi connectivity index (χ1v) is 10.9. The lowest BCUT2D eigenvalue weighted by atomic mass is 10.1. The second kappa shape index (κ2) is 9.89. The molecule has 0 aliphatic carbocycles. The molecule has 0 saturated carbocycles. The van der Waals surface area contributed by atoms with Gasteiger partial charge in [-0.25, -0.2) is 4.98 Å². The minimum Gasteiger partial charge on any atom is -0.392 e. The first-order valence-electron chi connectivity index (χ1n) is 10.9. The monoisotopic (exact) mass is 423 g/mol. The molecule has 1 aromatic carbocycles. The smallest absolute Gasteiger partial charge is 0.252 e. The molecule has 1 fully saturated rings. The van der Waals surface area contributed by atoms with E-state index in [-0.39, 0.29) is 24.5 Å². The number of nitrogens with zero attached hydrogens (tertiary/aromatic N) is 3. The predicted octanol–water partition coefficient (Wildman–Crippen LogP) is 1.62. The Morgan fingerprint density at radius 3 is 2.94 bits per heavy atom. The molecule has 4 rings (SSSR count). The predicted molar refractivity (Wildman–Crippen MR) is 119 cm³/mol. The minimum atomic E-state index is -0.236. The summed E-state index contributed by atoms with van der Waals surface area (Å²) in [4.78, 5) is 33.5. The molecule has 2 aromatic rings. The normalized spacial score (nSPS) is 18.9. The van der Waals surface area contributed by atoms with Crippen LogP contribution in [-0.2, 0) is 11.3 Å². The van der Waals surface area contributed by atoms with Gasteiger partial charge >= 0.3 is 0 Å². The molecule has 1 atom stereocenters. The van der Waals surface area contributed by atoms with Gasteiger partial charge in [-0.1, -0.05) is 30.3 Å². The number of aromatic nitrogens is 1. The zero-order chi connectivity index (χ0) is 21.6. The molecule has 2 amide bonds. The molecular weight excluding hydrogens is 394 g/mol. The van der Waals surface area contributed by atoms with Crippen LogP contribution < -0.4 is 15.5 Å². The fourth-order valence-electron chi connectivity index (χ4n) is 4.09. The van der Waals surface area contributed by atoms with Crippen LogP contribution in [0.2, 0.25) is 0 Å². The lowest BCUT2D eigenvalue weighted by Gasteiger charge is -2.30. The van der Waals surface area contributed by atoms with Crippen LogP contribution in [0.4, 0.5) is 11.5 Å². The zero-order valence-electron chi connectivity index (χ0n) is 17.6. The molecule has 1 saturated heterocycles. The molecule has 1 unspecified atom stereocenters. The number of hydrogen-bond acceptors (Lipinski definition) is 6. The third-order valence-electron chi connectivity index (χ3n) is 5.73. The third kappa shape index (κ3) is 5.39. The van der Waals surface area contributed by atoms with Gasteiger partial charge in [0, 0.05) is 19.3 Å². The summed E-state index contributed by atoms with van der Waals surface area (Å²) >= 11 is 0. The Kier molecular flexibility index (Phi) is 6.79. The molecule has 2 aliphatic rings. The van der Waals surface area contributed by atoms with Crippen LogP contribution in [-0.4, -0.2) is 65.6 Å². The summed E-state index contributed by atoms with van der Waals surface area (Å²) in [6.45, 7) is 3.72. The van der Waals surface area contributed by atoms with Crippen LogP contribution >= 0.6 is 0 Å². The second-order valence-electron chi connectivity index (χ2n) is 8.12. The number of likely N-dealkylation sites (tertiary alicyclic amines) is 1. The van der Waals surface area contributed by atoms with Crippen molar-refractivity contribution in [3.63, 3.8) is 0 Å². The quantitative estimate of drug-likeness (QED) is 0.586. The number of carbonyl (C=O) groups is 2. The number of benzene rings is 1. The highest BCUT2D eigenvalue weighted by Crippen LogP contribution is 2.29. The van der Waals surface area contributed by atoms with E-state index in [1.165, 1.54) is 0 Å². The van der Waals surface area contributed by atoms with E-state index in [0.717, 1.165) is 37.9 Å². The van der Waals surface area contributed by atoms with E-state index in [1.807, 2.05) is 30.3 Å². The van der Waals surface area contributed by atoms with Crippen molar-refractivity contribution in [3.8, 4) is 0 Å². The van der Waals surface area contributed by atoms with E-state index in [2.05, 4.69) is 20.5 Å². The second-order valence-corrected chi connectivity index (χ2v) is 8.12. The summed E-state index contributed by atoms with van der Waals surface area (Å²) in [6, 6.07) is 11.5. The molecule has 3 N–H and O–H groups in total. The first kappa shape index (κ1) is 21.3. The molecule has 0 radical (unpaired) electrons. The van der Waals surface area contributed by atoms with E-state index in [0.29, 0.717) is 36.7 Å². The highest BCUT2D eigenvalue weighted by molar-refractivity contribution is 6.04. The van der Waals surface area contributed by atoms with Gasteiger partial charge in [0.1, 0.15) is 0 Å². The number of pyridine rings is 1. The number of rotatable bonds is 7. The molecule has 31 heavy (non-hydrogen) atoms. The maximum absolute atomic E-state index is 12.7. The number of aliphatic hydroxyl groups excluding tert-OH is 1. The van der Waals surface area contributed by atoms with E-state index in [1.54, 1.807) is 17.2 Å². The van der Waals surface area contributed by atoms with Crippen LogP contribution in [0, 0.1) is 0 Å². The zero-order valence-corrected chi connectivity index (χ0v) is 17.6. The van der Waals surface area contributed by atoms with Crippen molar-refractivity contribution in [1.29, 1.82) is 0 Å². The molecular formula is C23H29N5O3. The lowest BCUT2D eigenvalue weighted by molar-refractivity contribution is -0.117. The topological polar surface area (TPSA) is 97.8 Å². The Hall–Kier alpha value is -2.97. The van der Waals surface area contributed by atoms with E-state index < -0.39 is 0 Å². The molecule has 8 heteroatoms. The molecule has 2 aliphatic heterocycles. The standard InChI is InChI=1S/C23H29N5O3/c29-19-8-4-10-27(16-19)11-5-9-24-23(31)18-12-20-22(25-13-18)26-14-21(30)28(20)15-17-6-2-1-3-7-17/h1-3,6-7,12-13,19,29H,4-5,8-11,14-16H2,(H,24,31)(H,25,26). The minimum absolute atomic E-state index is 0.0561. The number of hydrogen-bond donors (Lipinski definition) is 3. The van der Waals surface area contributed by atoms with Crippen molar-refractivity contribution in [2.75, 3.05) is 42.9 Å². The van der Waals surface area contributed by atoms with Crippen molar-refractivity contribution in [3.05, 3.63) is 53.7 Å². The summed E-state index contributed by atoms with van der Waals surface area (Å²) in [5, 5.41) is 15.7. The fraction of sp³-hybridized carbons (Fsp3) is 0.435. The Labute approximate surface area is 182 Å². The van der Waals surface area contributed by atoms with Gasteiger partial charge < -0.3 is 25.5 Å². The van der Waals surface area contributed by atoms with Gasteiger partial charge in [-0.2, -0.15) is 0 Å². The Balaban J connectivity index is 1.37. The Morgan fingerprint density at radius 2 is 2.13 bits per heavy atom. The Morgan fingerprint density at radius 1 is 1.29 bits per heavy atom. The number of nitrogens with one attached hydrogen (secondary N) is 2. The first-order chi connectivity index (χ1) is 15.1. The summed E-state index contributed by atoms with van der Waals surface area (Å²) in [6.07, 6.45) is 4.01. The number of β-amino-alcohol motifs (C(OH)–C–C–N with tert-alkyl or cyclic N) is 1. The molecule has 164 valence electrons. The van der Waals surface area contributed by atoms with Crippen LogP contribution in [0.1, 0.15) is 35.2 Å². The van der Waals surface area contributed by atoms with Crippen molar-refractivity contribution >= 4 is 23.3 Å². The van der Waals surface area contributed by atoms with E-state index in [4.69, 9.17) is 0 Å². The van der Waals surface area contributed by atoms with Crippen LogP contribution in [0.25, 0.3) is 0 Å². The van der Waals surface area contributed by atoms with Crippen LogP contribution in [0.5, 0.6) is 0 Å². The highest BCUT2D eigenvalue weighted by Gasteiger charge is 2.26. The van der Waals surface area contributed by atoms with Crippen molar-refractivity contribution in [2.24, 2.45) is 0 Å². The number of carbonyl (C=O) groups excluding carboxylic acids is 2. The molecule has 0 bridgehead atoms. The van der Waals surface area contributed by atoms with E-state index >= 15 is 0 Å². The van der Waals surface area contributed by atoms with Gasteiger partial charge in [0.2, 0.25) is 5.91 Å². The molecule has 8 nitrogen and oxygen atoms in total. The SMILES string of the molecule is O=C(NCCCN1CCCC(O)C1)c1cnc2c(c1)N(Cc1ccccc1)C(=O)CN2. The van der Waals surface area contributed by atoms with Crippen molar-refractivity contribution in [2.45, 2.75) is 31.9 Å². The van der Waals surface area contributed by atoms with Gasteiger partial charge in [0.25, 0.3) is 5.91 Å². The maximum Gasteiger partial charge on any atom is 0.252 e. The Bertz CT molecular complexity index is 921. The number of piperidine rings is 1. The summed E-state index contributed by atoms with van der Waals surface area (Å²) in [5.74, 6) is 0.349. The molecule has 3 heterocycles. The van der Waals surface area contributed by atoms with Crippen molar-refractivity contribution < 1.29 is 14.7 Å². The van der Waals surface area contributed by atoms with Gasteiger partial charge in [-0.05, 0) is 44.0 Å². The van der Waals surface area contributed by atoms with Crippen LogP contribution in [0.3, 0.4) is 0 Å². The highest BCUT2D eigenvalue weighted by atomic mass is 16.3. The number of aliphatic hydroxyl groups is 1. The lowest BCUT2D eigenvalue weighted by Crippen LogP contribution is -2.40. The van der Waals surface area contributed by atoms with Gasteiger partial charge in [-0.3, -0.25) is 9.59 Å². The summed E-state index contributed by atoms with van der Waals surface area (Å²) < 4.78 is 0. The maximum atomic E-state index is 12.7. The largest absolute Gasteiger partial charge is 0.392 e. The summed E-state index contributed by atoms with van der Waals surface area (Å²) in [7, 11) is 0. The number of amides is 2. The number of anilines is 2. The molecule has 0 spiro atoms. The summed E-state index contributed by atoms with van der Waals surface area (Å²) in [5.41, 5.74) is 2.07. The average Bonchev–Trinajstić information content (AvgIpc) is 2.79. The van der Waals surface area contributed by atoms with Gasteiger partial charge in [-0.15, -0.1) is 0 Å². The van der Waals surface area contributed by atoms with Crippen LogP contribution in [0.15, 0.2) is 42.6 Å². The molecule has 1 aromatic heterocycles. The third-order valence-corrected chi connectivity index (χ3v) is 5.73. The van der Waals surface area contributed by atoms with E-state index in [9.17, 15) is 14.7 Å². The van der Waals surface area contributed by atoms with Gasteiger partial charge in [0.15, 0.2) is 5.82 Å². The van der Waals surface area contributed by atoms with Gasteiger partial charge in [0.05, 0.1) is 30.4 Å².